The van der Waals surface area contributed by atoms with Crippen molar-refractivity contribution in [2.75, 3.05) is 11.9 Å². The van der Waals surface area contributed by atoms with Crippen molar-refractivity contribution in [3.05, 3.63) is 30.1 Å². The van der Waals surface area contributed by atoms with Gasteiger partial charge < -0.3 is 5.32 Å². The Morgan fingerprint density at radius 1 is 1.33 bits per heavy atom. The zero-order valence-corrected chi connectivity index (χ0v) is 12.8. The molecule has 21 heavy (non-hydrogen) atoms. The maximum absolute atomic E-state index is 3.94. The summed E-state index contributed by atoms with van der Waals surface area (Å²) >= 11 is 0. The molecule has 1 aromatic heterocycles. The smallest absolute Gasteiger partial charge is 0.143 e. The lowest BCUT2D eigenvalue weighted by molar-refractivity contribution is 0.293. The molecule has 3 rings (SSSR count). The summed E-state index contributed by atoms with van der Waals surface area (Å²) in [5.74, 6) is 1.67. The Morgan fingerprint density at radius 3 is 3.00 bits per heavy atom. The van der Waals surface area contributed by atoms with Gasteiger partial charge in [-0.25, -0.2) is 4.68 Å². The molecule has 0 bridgehead atoms. The molecule has 5 nitrogen and oxygen atoms in total. The summed E-state index contributed by atoms with van der Waals surface area (Å²) in [5.41, 5.74) is 3.43. The van der Waals surface area contributed by atoms with Gasteiger partial charge in [-0.1, -0.05) is 25.8 Å². The van der Waals surface area contributed by atoms with Gasteiger partial charge in [0.2, 0.25) is 0 Å². The van der Waals surface area contributed by atoms with Crippen LogP contribution in [0.2, 0.25) is 0 Å². The molecule has 0 saturated heterocycles. The van der Waals surface area contributed by atoms with E-state index in [4.69, 9.17) is 0 Å². The first-order valence-corrected chi connectivity index (χ1v) is 7.80. The number of hydrogen-bond acceptors (Lipinski definition) is 4. The minimum absolute atomic E-state index is 0.796. The van der Waals surface area contributed by atoms with Crippen LogP contribution in [0.3, 0.4) is 0 Å². The number of anilines is 1. The highest BCUT2D eigenvalue weighted by atomic mass is 15.5. The number of benzene rings is 1. The van der Waals surface area contributed by atoms with Crippen LogP contribution in [-0.4, -0.2) is 26.8 Å². The van der Waals surface area contributed by atoms with Crippen molar-refractivity contribution in [2.24, 2.45) is 11.8 Å². The highest BCUT2D eigenvalue weighted by Crippen LogP contribution is 2.29. The number of tetrazole rings is 1. The summed E-state index contributed by atoms with van der Waals surface area (Å²) in [5, 5.41) is 14.9. The van der Waals surface area contributed by atoms with E-state index in [2.05, 4.69) is 46.8 Å². The predicted octanol–water partition coefficient (Wildman–Crippen LogP) is 3.21. The molecule has 0 amide bonds. The van der Waals surface area contributed by atoms with E-state index in [1.807, 2.05) is 6.07 Å². The second-order valence-corrected chi connectivity index (χ2v) is 6.27. The monoisotopic (exact) mass is 285 g/mol. The fourth-order valence-corrected chi connectivity index (χ4v) is 3.22. The average Bonchev–Trinajstić information content (AvgIpc) is 3.01. The van der Waals surface area contributed by atoms with Crippen LogP contribution >= 0.6 is 0 Å². The Kier molecular flexibility index (Phi) is 4.18. The van der Waals surface area contributed by atoms with Crippen LogP contribution in [0.5, 0.6) is 0 Å². The van der Waals surface area contributed by atoms with Gasteiger partial charge in [0.1, 0.15) is 6.33 Å². The normalized spacial score (nSPS) is 22.2. The molecule has 1 aliphatic carbocycles. The molecule has 1 saturated carbocycles. The maximum atomic E-state index is 3.94. The molecule has 112 valence electrons. The van der Waals surface area contributed by atoms with Gasteiger partial charge in [0.25, 0.3) is 0 Å². The predicted molar refractivity (Wildman–Crippen MR) is 83.5 cm³/mol. The van der Waals surface area contributed by atoms with Crippen molar-refractivity contribution in [3.63, 3.8) is 0 Å². The van der Waals surface area contributed by atoms with Gasteiger partial charge in [0, 0.05) is 12.2 Å². The summed E-state index contributed by atoms with van der Waals surface area (Å²) in [6.45, 7) is 5.56. The van der Waals surface area contributed by atoms with E-state index in [-0.39, 0.29) is 0 Å². The van der Waals surface area contributed by atoms with Crippen molar-refractivity contribution in [3.8, 4) is 5.69 Å². The van der Waals surface area contributed by atoms with Crippen LogP contribution in [0.4, 0.5) is 5.69 Å². The van der Waals surface area contributed by atoms with Crippen LogP contribution < -0.4 is 5.32 Å². The standard InChI is InChI=1S/C16H23N5/c1-12-4-3-5-14(8-12)10-17-16-9-15(7-6-13(16)2)21-11-18-19-20-21/h6-7,9,11-12,14,17H,3-5,8,10H2,1-2H3. The molecule has 5 heteroatoms. The van der Waals surface area contributed by atoms with Crippen LogP contribution in [0.25, 0.3) is 5.69 Å². The van der Waals surface area contributed by atoms with Gasteiger partial charge in [-0.3, -0.25) is 0 Å². The SMILES string of the molecule is Cc1ccc(-n2cnnn2)cc1NCC1CCCC(C)C1. The average molecular weight is 285 g/mol. The fraction of sp³-hybridized carbons (Fsp3) is 0.562. The molecule has 1 N–H and O–H groups in total. The number of rotatable bonds is 4. The van der Waals surface area contributed by atoms with E-state index in [9.17, 15) is 0 Å². The topological polar surface area (TPSA) is 55.6 Å². The molecule has 1 fully saturated rings. The van der Waals surface area contributed by atoms with Crippen molar-refractivity contribution in [1.82, 2.24) is 20.2 Å². The Balaban J connectivity index is 1.68. The van der Waals surface area contributed by atoms with E-state index in [1.165, 1.54) is 36.9 Å². The maximum Gasteiger partial charge on any atom is 0.143 e. The molecular weight excluding hydrogens is 262 g/mol. The quantitative estimate of drug-likeness (QED) is 0.937. The molecule has 1 aromatic carbocycles. The first-order chi connectivity index (χ1) is 10.2. The van der Waals surface area contributed by atoms with E-state index in [0.717, 1.165) is 24.1 Å². The third-order valence-electron chi connectivity index (χ3n) is 4.46. The largest absolute Gasteiger partial charge is 0.384 e. The minimum atomic E-state index is 0.796. The lowest BCUT2D eigenvalue weighted by Crippen LogP contribution is -2.21. The minimum Gasteiger partial charge on any atom is -0.384 e. The van der Waals surface area contributed by atoms with Crippen LogP contribution in [0.1, 0.15) is 38.2 Å². The van der Waals surface area contributed by atoms with Gasteiger partial charge in [-0.05, 0) is 59.7 Å². The van der Waals surface area contributed by atoms with Crippen molar-refractivity contribution in [2.45, 2.75) is 39.5 Å². The van der Waals surface area contributed by atoms with Crippen molar-refractivity contribution in [1.29, 1.82) is 0 Å². The first kappa shape index (κ1) is 14.0. The highest BCUT2D eigenvalue weighted by Gasteiger charge is 2.18. The molecule has 2 aromatic rings. The second kappa shape index (κ2) is 6.24. The molecule has 0 radical (unpaired) electrons. The zero-order chi connectivity index (χ0) is 14.7. The molecule has 1 heterocycles. The van der Waals surface area contributed by atoms with Gasteiger partial charge in [-0.15, -0.1) is 5.10 Å². The third kappa shape index (κ3) is 3.40. The molecular formula is C16H23N5. The first-order valence-electron chi connectivity index (χ1n) is 7.80. The number of nitrogens with one attached hydrogen (secondary N) is 1. The Bertz CT molecular complexity index is 578. The highest BCUT2D eigenvalue weighted by molar-refractivity contribution is 5.56. The van der Waals surface area contributed by atoms with E-state index < -0.39 is 0 Å². The van der Waals surface area contributed by atoms with Gasteiger partial charge in [0.05, 0.1) is 5.69 Å². The Morgan fingerprint density at radius 2 is 2.24 bits per heavy atom. The summed E-state index contributed by atoms with van der Waals surface area (Å²) in [6, 6.07) is 6.28. The van der Waals surface area contributed by atoms with Crippen LogP contribution in [0, 0.1) is 18.8 Å². The molecule has 2 unspecified atom stereocenters. The summed E-state index contributed by atoms with van der Waals surface area (Å²) < 4.78 is 1.69. The molecule has 1 aliphatic rings. The lowest BCUT2D eigenvalue weighted by Gasteiger charge is -2.27. The van der Waals surface area contributed by atoms with Crippen LogP contribution in [-0.2, 0) is 0 Å². The zero-order valence-electron chi connectivity index (χ0n) is 12.8. The summed E-state index contributed by atoms with van der Waals surface area (Å²) in [6.07, 6.45) is 7.08. The number of hydrogen-bond donors (Lipinski definition) is 1. The van der Waals surface area contributed by atoms with Crippen molar-refractivity contribution < 1.29 is 0 Å². The van der Waals surface area contributed by atoms with E-state index in [0.29, 0.717) is 0 Å². The Labute approximate surface area is 125 Å². The number of aromatic nitrogens is 4. The third-order valence-corrected chi connectivity index (χ3v) is 4.46. The summed E-state index contributed by atoms with van der Waals surface area (Å²) in [4.78, 5) is 0. The van der Waals surface area contributed by atoms with Gasteiger partial charge in [-0.2, -0.15) is 0 Å². The molecule has 0 aliphatic heterocycles. The van der Waals surface area contributed by atoms with Crippen molar-refractivity contribution >= 4 is 5.69 Å². The lowest BCUT2D eigenvalue weighted by atomic mass is 9.82. The Hall–Kier alpha value is -1.91. The van der Waals surface area contributed by atoms with E-state index in [1.54, 1.807) is 11.0 Å². The number of nitrogens with zero attached hydrogens (tertiary/aromatic N) is 4. The summed E-state index contributed by atoms with van der Waals surface area (Å²) in [7, 11) is 0. The van der Waals surface area contributed by atoms with E-state index >= 15 is 0 Å². The van der Waals surface area contributed by atoms with Gasteiger partial charge in [0.15, 0.2) is 0 Å². The fourth-order valence-electron chi connectivity index (χ4n) is 3.22. The van der Waals surface area contributed by atoms with Crippen LogP contribution in [0.15, 0.2) is 24.5 Å². The second-order valence-electron chi connectivity index (χ2n) is 6.27. The van der Waals surface area contributed by atoms with Gasteiger partial charge >= 0.3 is 0 Å². The number of aryl methyl sites for hydroxylation is 1. The molecule has 0 spiro atoms. The molecule has 2 atom stereocenters.